The molecule has 27 heavy (non-hydrogen) atoms. The van der Waals surface area contributed by atoms with Crippen molar-refractivity contribution in [2.45, 2.75) is 91.0 Å². The Hall–Kier alpha value is -1.72. The van der Waals surface area contributed by atoms with Crippen LogP contribution < -0.4 is 10.9 Å². The standard InChI is InChI=1S/C21H34N4O2/c1-5-16(18-20(27)23-19(25-24-18)14-8-9-14)22-17(26)12-13-6-10-15(11-7-13)21(2,3)4/h13-16H,5-12H2,1-4H3,(H,22,26)(H,23,25,27). The molecule has 6 heteroatoms. The molecule has 1 atom stereocenters. The molecule has 0 bridgehead atoms. The van der Waals surface area contributed by atoms with Crippen molar-refractivity contribution in [3.8, 4) is 0 Å². The SMILES string of the molecule is CCC(NC(=O)CC1CCC(C(C)(C)C)CC1)c1nnc(C2CC2)[nH]c1=O. The van der Waals surface area contributed by atoms with E-state index in [1.165, 1.54) is 12.8 Å². The quantitative estimate of drug-likeness (QED) is 0.791. The van der Waals surface area contributed by atoms with E-state index in [1.807, 2.05) is 6.92 Å². The van der Waals surface area contributed by atoms with Gasteiger partial charge in [0.05, 0.1) is 6.04 Å². The Morgan fingerprint density at radius 1 is 1.15 bits per heavy atom. The molecule has 0 aromatic carbocycles. The first-order valence-corrected chi connectivity index (χ1v) is 10.5. The van der Waals surface area contributed by atoms with Crippen LogP contribution in [0, 0.1) is 17.3 Å². The summed E-state index contributed by atoms with van der Waals surface area (Å²) in [6, 6.07) is -0.368. The molecule has 1 amide bonds. The topological polar surface area (TPSA) is 87.7 Å². The van der Waals surface area contributed by atoms with Crippen LogP contribution in [0.2, 0.25) is 0 Å². The summed E-state index contributed by atoms with van der Waals surface area (Å²) in [5, 5.41) is 11.3. The Morgan fingerprint density at radius 3 is 2.33 bits per heavy atom. The molecule has 2 N–H and O–H groups in total. The molecule has 150 valence electrons. The van der Waals surface area contributed by atoms with Crippen LogP contribution in [-0.2, 0) is 4.79 Å². The number of carbonyl (C=O) groups excluding carboxylic acids is 1. The molecule has 2 aliphatic carbocycles. The highest BCUT2D eigenvalue weighted by Crippen LogP contribution is 2.40. The van der Waals surface area contributed by atoms with E-state index in [-0.39, 0.29) is 17.5 Å². The highest BCUT2D eigenvalue weighted by atomic mass is 16.2. The molecule has 0 aliphatic heterocycles. The Bertz CT molecular complexity index is 710. The minimum atomic E-state index is -0.368. The van der Waals surface area contributed by atoms with Crippen LogP contribution in [0.1, 0.15) is 103 Å². The molecule has 1 aromatic rings. The number of carbonyl (C=O) groups is 1. The van der Waals surface area contributed by atoms with Crippen LogP contribution in [-0.4, -0.2) is 21.1 Å². The zero-order valence-electron chi connectivity index (χ0n) is 17.2. The molecule has 2 aliphatic rings. The van der Waals surface area contributed by atoms with Crippen LogP contribution in [0.15, 0.2) is 4.79 Å². The lowest BCUT2D eigenvalue weighted by molar-refractivity contribution is -0.123. The van der Waals surface area contributed by atoms with Crippen LogP contribution in [0.25, 0.3) is 0 Å². The summed E-state index contributed by atoms with van der Waals surface area (Å²) in [6.45, 7) is 8.88. The second-order valence-corrected chi connectivity index (χ2v) is 9.52. The molecule has 0 radical (unpaired) electrons. The first kappa shape index (κ1) is 20.0. The Morgan fingerprint density at radius 2 is 1.81 bits per heavy atom. The first-order valence-electron chi connectivity index (χ1n) is 10.5. The lowest BCUT2D eigenvalue weighted by Crippen LogP contribution is -2.35. The summed E-state index contributed by atoms with van der Waals surface area (Å²) in [6.07, 6.45) is 7.93. The average Bonchev–Trinajstić information content (AvgIpc) is 3.44. The van der Waals surface area contributed by atoms with E-state index in [0.717, 1.165) is 31.6 Å². The molecule has 1 aromatic heterocycles. The number of nitrogens with zero attached hydrogens (tertiary/aromatic N) is 2. The molecule has 0 spiro atoms. The van der Waals surface area contributed by atoms with Gasteiger partial charge in [-0.05, 0) is 62.2 Å². The lowest BCUT2D eigenvalue weighted by Gasteiger charge is -2.36. The van der Waals surface area contributed by atoms with Crippen molar-refractivity contribution in [3.05, 3.63) is 21.9 Å². The van der Waals surface area contributed by atoms with Crippen molar-refractivity contribution in [3.63, 3.8) is 0 Å². The molecule has 6 nitrogen and oxygen atoms in total. The monoisotopic (exact) mass is 374 g/mol. The fourth-order valence-corrected chi connectivity index (χ4v) is 4.24. The van der Waals surface area contributed by atoms with Crippen LogP contribution >= 0.6 is 0 Å². The second-order valence-electron chi connectivity index (χ2n) is 9.52. The van der Waals surface area contributed by atoms with Gasteiger partial charge in [-0.2, -0.15) is 0 Å². The zero-order valence-corrected chi connectivity index (χ0v) is 17.2. The average molecular weight is 375 g/mol. The molecule has 1 heterocycles. The molecular formula is C21H34N4O2. The number of rotatable bonds is 6. The molecule has 1 unspecified atom stereocenters. The van der Waals surface area contributed by atoms with Gasteiger partial charge in [-0.3, -0.25) is 9.59 Å². The Kier molecular flexibility index (Phi) is 6.02. The smallest absolute Gasteiger partial charge is 0.275 e. The van der Waals surface area contributed by atoms with Crippen molar-refractivity contribution in [1.29, 1.82) is 0 Å². The van der Waals surface area contributed by atoms with Gasteiger partial charge in [0.15, 0.2) is 5.69 Å². The molecule has 3 rings (SSSR count). The van der Waals surface area contributed by atoms with Crippen molar-refractivity contribution < 1.29 is 4.79 Å². The van der Waals surface area contributed by atoms with Crippen molar-refractivity contribution in [2.75, 3.05) is 0 Å². The third-order valence-corrected chi connectivity index (χ3v) is 6.32. The summed E-state index contributed by atoms with van der Waals surface area (Å²) >= 11 is 0. The van der Waals surface area contributed by atoms with Crippen LogP contribution in [0.5, 0.6) is 0 Å². The largest absolute Gasteiger partial charge is 0.347 e. The molecular weight excluding hydrogens is 340 g/mol. The van der Waals surface area contributed by atoms with Crippen LogP contribution in [0.3, 0.4) is 0 Å². The van der Waals surface area contributed by atoms with E-state index in [4.69, 9.17) is 0 Å². The number of H-pyrrole nitrogens is 1. The van der Waals surface area contributed by atoms with Gasteiger partial charge < -0.3 is 10.3 Å². The molecule has 2 fully saturated rings. The minimum Gasteiger partial charge on any atom is -0.347 e. The number of amides is 1. The number of hydrogen-bond acceptors (Lipinski definition) is 4. The van der Waals surface area contributed by atoms with Gasteiger partial charge in [-0.15, -0.1) is 10.2 Å². The van der Waals surface area contributed by atoms with Crippen molar-refractivity contribution in [1.82, 2.24) is 20.5 Å². The van der Waals surface area contributed by atoms with E-state index >= 15 is 0 Å². The maximum absolute atomic E-state index is 12.6. The van der Waals surface area contributed by atoms with E-state index in [9.17, 15) is 9.59 Å². The fourth-order valence-electron chi connectivity index (χ4n) is 4.24. The van der Waals surface area contributed by atoms with Gasteiger partial charge >= 0.3 is 0 Å². The summed E-state index contributed by atoms with van der Waals surface area (Å²) in [5.74, 6) is 2.26. The molecule has 0 saturated heterocycles. The number of hydrogen-bond donors (Lipinski definition) is 2. The third-order valence-electron chi connectivity index (χ3n) is 6.32. The van der Waals surface area contributed by atoms with E-state index in [2.05, 4.69) is 41.3 Å². The van der Waals surface area contributed by atoms with E-state index in [1.54, 1.807) is 0 Å². The summed E-state index contributed by atoms with van der Waals surface area (Å²) in [7, 11) is 0. The van der Waals surface area contributed by atoms with Gasteiger partial charge in [0.1, 0.15) is 5.82 Å². The minimum absolute atomic E-state index is 0.0218. The predicted octanol–water partition coefficient (Wildman–Crippen LogP) is 3.85. The number of nitrogens with one attached hydrogen (secondary N) is 2. The Balaban J connectivity index is 1.54. The normalized spacial score (nSPS) is 24.4. The van der Waals surface area contributed by atoms with Gasteiger partial charge in [0.25, 0.3) is 5.56 Å². The van der Waals surface area contributed by atoms with Crippen LogP contribution in [0.4, 0.5) is 0 Å². The van der Waals surface area contributed by atoms with Gasteiger partial charge in [-0.1, -0.05) is 27.7 Å². The maximum atomic E-state index is 12.6. The summed E-state index contributed by atoms with van der Waals surface area (Å²) < 4.78 is 0. The number of aromatic nitrogens is 3. The maximum Gasteiger partial charge on any atom is 0.275 e. The number of aromatic amines is 1. The zero-order chi connectivity index (χ0) is 19.6. The van der Waals surface area contributed by atoms with Gasteiger partial charge in [-0.25, -0.2) is 0 Å². The van der Waals surface area contributed by atoms with E-state index < -0.39 is 0 Å². The lowest BCUT2D eigenvalue weighted by atomic mass is 9.69. The fraction of sp³-hybridized carbons (Fsp3) is 0.810. The summed E-state index contributed by atoms with van der Waals surface area (Å²) in [4.78, 5) is 27.8. The van der Waals surface area contributed by atoms with Gasteiger partial charge in [0, 0.05) is 12.3 Å². The predicted molar refractivity (Wildman–Crippen MR) is 105 cm³/mol. The Labute approximate surface area is 161 Å². The summed E-state index contributed by atoms with van der Waals surface area (Å²) in [5.41, 5.74) is 0.462. The highest BCUT2D eigenvalue weighted by Gasteiger charge is 2.31. The van der Waals surface area contributed by atoms with Crippen molar-refractivity contribution >= 4 is 5.91 Å². The highest BCUT2D eigenvalue weighted by molar-refractivity contribution is 5.76. The molecule has 2 saturated carbocycles. The third kappa shape index (κ3) is 5.17. The first-order chi connectivity index (χ1) is 12.8. The van der Waals surface area contributed by atoms with Crippen molar-refractivity contribution in [2.24, 2.45) is 17.3 Å². The second kappa shape index (κ2) is 8.11. The van der Waals surface area contributed by atoms with Gasteiger partial charge in [0.2, 0.25) is 5.91 Å². The van der Waals surface area contributed by atoms with E-state index in [0.29, 0.717) is 41.6 Å².